The van der Waals surface area contributed by atoms with Crippen molar-refractivity contribution in [2.75, 3.05) is 0 Å². The van der Waals surface area contributed by atoms with Crippen LogP contribution in [-0.4, -0.2) is 9.97 Å². The lowest BCUT2D eigenvalue weighted by Crippen LogP contribution is -2.08. The zero-order chi connectivity index (χ0) is 32.4. The van der Waals surface area contributed by atoms with E-state index in [1.807, 2.05) is 24.3 Å². The van der Waals surface area contributed by atoms with Gasteiger partial charge >= 0.3 is 0 Å². The van der Waals surface area contributed by atoms with E-state index in [1.54, 1.807) is 0 Å². The number of aromatic nitrogens is 2. The molecule has 228 valence electrons. The Hall–Kier alpha value is -6.19. The summed E-state index contributed by atoms with van der Waals surface area (Å²) in [7, 11) is 0. The van der Waals surface area contributed by atoms with Crippen LogP contribution in [0.3, 0.4) is 0 Å². The number of aromatic amines is 2. The Morgan fingerprint density at radius 2 is 1.00 bits per heavy atom. The van der Waals surface area contributed by atoms with Crippen LogP contribution in [-0.2, 0) is 0 Å². The second kappa shape index (κ2) is 11.0. The molecule has 0 bridgehead atoms. The molecule has 9 aromatic rings. The molecule has 3 nitrogen and oxygen atoms in total. The zero-order valence-electron chi connectivity index (χ0n) is 26.8. The molecule has 3 heteroatoms. The van der Waals surface area contributed by atoms with Gasteiger partial charge in [0, 0.05) is 38.3 Å². The minimum absolute atomic E-state index is 0.0409. The molecule has 2 N–H and O–H groups in total. The fourth-order valence-electron chi connectivity index (χ4n) is 7.58. The van der Waals surface area contributed by atoms with Gasteiger partial charge in [0.15, 0.2) is 5.43 Å². The summed E-state index contributed by atoms with van der Waals surface area (Å²) in [6.45, 7) is 4.29. The van der Waals surface area contributed by atoms with Crippen molar-refractivity contribution in [1.82, 2.24) is 9.97 Å². The summed E-state index contributed by atoms with van der Waals surface area (Å²) in [4.78, 5) is 22.0. The van der Waals surface area contributed by atoms with Crippen molar-refractivity contribution < 1.29 is 0 Å². The first-order valence-corrected chi connectivity index (χ1v) is 16.4. The Morgan fingerprint density at radius 3 is 1.73 bits per heavy atom. The van der Waals surface area contributed by atoms with Crippen molar-refractivity contribution in [2.45, 2.75) is 13.8 Å². The molecule has 7 aromatic carbocycles. The summed E-state index contributed by atoms with van der Waals surface area (Å²) in [5.41, 5.74) is 14.9. The van der Waals surface area contributed by atoms with Crippen molar-refractivity contribution >= 4 is 43.6 Å². The second-order valence-corrected chi connectivity index (χ2v) is 12.7. The van der Waals surface area contributed by atoms with Crippen molar-refractivity contribution in [3.05, 3.63) is 167 Å². The molecular weight excluding hydrogens is 585 g/mol. The predicted molar refractivity (Wildman–Crippen MR) is 203 cm³/mol. The molecular formula is C45H32N2O. The van der Waals surface area contributed by atoms with Crippen LogP contribution >= 0.6 is 0 Å². The molecule has 0 saturated carbocycles. The molecule has 0 aliphatic rings. The van der Waals surface area contributed by atoms with Crippen LogP contribution in [0.15, 0.2) is 150 Å². The van der Waals surface area contributed by atoms with Crippen LogP contribution in [0.1, 0.15) is 11.1 Å². The minimum Gasteiger partial charge on any atom is -0.354 e. The van der Waals surface area contributed by atoms with Crippen LogP contribution in [0.25, 0.3) is 88.1 Å². The van der Waals surface area contributed by atoms with Gasteiger partial charge in [-0.1, -0.05) is 121 Å². The van der Waals surface area contributed by atoms with Gasteiger partial charge in [-0.2, -0.15) is 0 Å². The van der Waals surface area contributed by atoms with Crippen molar-refractivity contribution in [3.8, 4) is 44.5 Å². The lowest BCUT2D eigenvalue weighted by molar-refractivity contribution is 1.34. The number of H-pyrrole nitrogens is 2. The average Bonchev–Trinajstić information content (AvgIpc) is 3.52. The summed E-state index contributed by atoms with van der Waals surface area (Å²) in [5.74, 6) is 0. The highest BCUT2D eigenvalue weighted by Gasteiger charge is 2.24. The molecule has 0 radical (unpaired) electrons. The number of benzene rings is 7. The Morgan fingerprint density at radius 1 is 0.438 bits per heavy atom. The zero-order valence-corrected chi connectivity index (χ0v) is 26.8. The molecule has 2 heterocycles. The Balaban J connectivity index is 1.45. The predicted octanol–water partition coefficient (Wildman–Crippen LogP) is 11.6. The molecule has 48 heavy (non-hydrogen) atoms. The van der Waals surface area contributed by atoms with Crippen molar-refractivity contribution in [3.63, 3.8) is 0 Å². The van der Waals surface area contributed by atoms with E-state index in [4.69, 9.17) is 0 Å². The first kappa shape index (κ1) is 28.1. The summed E-state index contributed by atoms with van der Waals surface area (Å²) in [6, 6.07) is 50.8. The molecule has 9 rings (SSSR count). The number of aryl methyl sites for hydroxylation is 1. The van der Waals surface area contributed by atoms with E-state index in [-0.39, 0.29) is 5.43 Å². The van der Waals surface area contributed by atoms with E-state index < -0.39 is 0 Å². The number of pyridine rings is 1. The van der Waals surface area contributed by atoms with Gasteiger partial charge in [0.25, 0.3) is 0 Å². The molecule has 0 aliphatic carbocycles. The first-order valence-electron chi connectivity index (χ1n) is 16.4. The Labute approximate surface area is 278 Å². The van der Waals surface area contributed by atoms with E-state index >= 15 is 0 Å². The average molecular weight is 617 g/mol. The number of fused-ring (bicyclic) bond motifs is 5. The highest BCUT2D eigenvalue weighted by Crippen LogP contribution is 2.47. The quantitative estimate of drug-likeness (QED) is 0.190. The van der Waals surface area contributed by atoms with E-state index in [1.165, 1.54) is 11.1 Å². The molecule has 0 aliphatic heterocycles. The summed E-state index contributed by atoms with van der Waals surface area (Å²) < 4.78 is 0. The van der Waals surface area contributed by atoms with E-state index in [0.717, 1.165) is 77.3 Å². The van der Waals surface area contributed by atoms with Gasteiger partial charge in [0.1, 0.15) is 0 Å². The minimum atomic E-state index is 0.0409. The summed E-state index contributed by atoms with van der Waals surface area (Å²) in [5, 5.41) is 3.71. The Bertz CT molecular complexity index is 2770. The first-order chi connectivity index (χ1) is 23.6. The van der Waals surface area contributed by atoms with Gasteiger partial charge in [-0.3, -0.25) is 4.79 Å². The number of para-hydroxylation sites is 2. The molecule has 0 saturated heterocycles. The largest absolute Gasteiger partial charge is 0.354 e. The van der Waals surface area contributed by atoms with Crippen LogP contribution in [0.2, 0.25) is 0 Å². The number of hydrogen-bond donors (Lipinski definition) is 2. The van der Waals surface area contributed by atoms with Crippen LogP contribution in [0, 0.1) is 13.8 Å². The topological polar surface area (TPSA) is 48.6 Å². The fourth-order valence-corrected chi connectivity index (χ4v) is 7.58. The van der Waals surface area contributed by atoms with Crippen LogP contribution < -0.4 is 5.43 Å². The molecule has 2 aromatic heterocycles. The molecule has 0 fully saturated rings. The monoisotopic (exact) mass is 616 g/mol. The third-order valence-corrected chi connectivity index (χ3v) is 9.97. The van der Waals surface area contributed by atoms with Gasteiger partial charge in [-0.15, -0.1) is 0 Å². The number of hydrogen-bond acceptors (Lipinski definition) is 1. The van der Waals surface area contributed by atoms with Crippen molar-refractivity contribution in [2.24, 2.45) is 0 Å². The normalized spacial score (nSPS) is 11.6. The SMILES string of the molecule is Cc1cc2[nH]c3ccccc3c(=O)c2c(-c2c(-c3ccccc3-c3ccccc3-c3ccccc3)ccc3c2[nH]c2ccccc23)c1C. The molecule has 0 unspecified atom stereocenters. The number of rotatable bonds is 4. The second-order valence-electron chi connectivity index (χ2n) is 12.7. The highest BCUT2D eigenvalue weighted by atomic mass is 16.1. The third kappa shape index (κ3) is 4.25. The standard InChI is InChI=1S/C45H32N2O/c1-27-26-40-43(45(48)37-21-11-13-23-39(37)46-40)41(28(27)2)42-35(24-25-36-34-20-10-12-22-38(34)47-44(36)42)33-19-9-8-18-32(33)31-17-7-6-16-30(31)29-14-4-3-5-15-29/h3-26,47H,1-2H3,(H,46,48). The van der Waals surface area contributed by atoms with E-state index in [2.05, 4.69) is 145 Å². The van der Waals surface area contributed by atoms with E-state index in [0.29, 0.717) is 10.8 Å². The van der Waals surface area contributed by atoms with Crippen molar-refractivity contribution in [1.29, 1.82) is 0 Å². The van der Waals surface area contributed by atoms with Gasteiger partial charge in [0.2, 0.25) is 0 Å². The molecule has 0 amide bonds. The van der Waals surface area contributed by atoms with Gasteiger partial charge in [-0.25, -0.2) is 0 Å². The van der Waals surface area contributed by atoms with Crippen LogP contribution in [0.4, 0.5) is 0 Å². The maximum Gasteiger partial charge on any atom is 0.197 e. The lowest BCUT2D eigenvalue weighted by atomic mass is 9.83. The van der Waals surface area contributed by atoms with E-state index in [9.17, 15) is 4.79 Å². The molecule has 0 atom stereocenters. The molecule has 0 spiro atoms. The maximum atomic E-state index is 14.6. The van der Waals surface area contributed by atoms with Crippen LogP contribution in [0.5, 0.6) is 0 Å². The summed E-state index contributed by atoms with van der Waals surface area (Å²) in [6.07, 6.45) is 0. The highest BCUT2D eigenvalue weighted by molar-refractivity contribution is 6.19. The van der Waals surface area contributed by atoms with Gasteiger partial charge < -0.3 is 9.97 Å². The number of nitrogens with one attached hydrogen (secondary N) is 2. The Kier molecular flexibility index (Phi) is 6.41. The van der Waals surface area contributed by atoms with Gasteiger partial charge in [0.05, 0.1) is 16.4 Å². The third-order valence-electron chi connectivity index (χ3n) is 9.97. The summed E-state index contributed by atoms with van der Waals surface area (Å²) >= 11 is 0. The fraction of sp³-hybridized carbons (Fsp3) is 0.0444. The van der Waals surface area contributed by atoms with Gasteiger partial charge in [-0.05, 0) is 82.6 Å². The maximum absolute atomic E-state index is 14.6. The smallest absolute Gasteiger partial charge is 0.197 e. The lowest BCUT2D eigenvalue weighted by Gasteiger charge is -2.21.